The third kappa shape index (κ3) is 3.88. The van der Waals surface area contributed by atoms with Gasteiger partial charge in [-0.3, -0.25) is 0 Å². The molecule has 86 valence electrons. The maximum absolute atomic E-state index is 8.68. The van der Waals surface area contributed by atoms with E-state index in [0.717, 1.165) is 5.56 Å². The lowest BCUT2D eigenvalue weighted by molar-refractivity contribution is 0.729. The second-order valence-corrected chi connectivity index (χ2v) is 6.59. The number of hydrogen-bond donors (Lipinski definition) is 1. The van der Waals surface area contributed by atoms with E-state index in [4.69, 9.17) is 11.0 Å². The molecule has 3 heteroatoms. The lowest BCUT2D eigenvalue weighted by Crippen LogP contribution is -2.13. The maximum Gasteiger partial charge on any atom is 0.0641 e. The van der Waals surface area contributed by atoms with Gasteiger partial charge in [0.25, 0.3) is 0 Å². The molecule has 0 fully saturated rings. The summed E-state index contributed by atoms with van der Waals surface area (Å²) in [4.78, 5) is 1.18. The summed E-state index contributed by atoms with van der Waals surface area (Å²) in [6.45, 7) is 6.51. The Morgan fingerprint density at radius 3 is 2.56 bits per heavy atom. The van der Waals surface area contributed by atoms with Crippen LogP contribution in [0.3, 0.4) is 0 Å². The third-order valence-corrected chi connectivity index (χ3v) is 3.25. The van der Waals surface area contributed by atoms with E-state index in [1.165, 1.54) is 4.90 Å². The third-order valence-electron chi connectivity index (χ3n) is 2.05. The minimum atomic E-state index is -0.184. The molecule has 1 rings (SSSR count). The van der Waals surface area contributed by atoms with E-state index >= 15 is 0 Å². The first-order valence-corrected chi connectivity index (χ1v) is 6.16. The van der Waals surface area contributed by atoms with Crippen LogP contribution in [0.25, 0.3) is 0 Å². The number of nitrogens with two attached hydrogens (primary N) is 1. The number of benzene rings is 1. The van der Waals surface area contributed by atoms with Crippen LogP contribution in [0.5, 0.6) is 0 Å². The van der Waals surface area contributed by atoms with Crippen LogP contribution in [0.15, 0.2) is 29.2 Å². The quantitative estimate of drug-likeness (QED) is 0.814. The largest absolute Gasteiger partial charge is 0.323 e. The summed E-state index contributed by atoms with van der Waals surface area (Å²) in [5.41, 5.74) is 7.06. The Hall–Kier alpha value is -0.980. The van der Waals surface area contributed by atoms with Crippen LogP contribution in [0.2, 0.25) is 0 Å². The molecule has 0 aliphatic rings. The molecule has 0 radical (unpaired) electrons. The van der Waals surface area contributed by atoms with Crippen molar-refractivity contribution in [3.05, 3.63) is 29.8 Å². The zero-order valence-corrected chi connectivity index (χ0v) is 10.8. The van der Waals surface area contributed by atoms with Gasteiger partial charge in [0.15, 0.2) is 0 Å². The molecule has 0 saturated heterocycles. The highest BCUT2D eigenvalue weighted by molar-refractivity contribution is 8.00. The zero-order chi connectivity index (χ0) is 12.2. The van der Waals surface area contributed by atoms with Crippen LogP contribution < -0.4 is 5.73 Å². The highest BCUT2D eigenvalue weighted by Gasteiger charge is 2.17. The van der Waals surface area contributed by atoms with Gasteiger partial charge in [-0.1, -0.05) is 39.0 Å². The molecular weight excluding hydrogens is 216 g/mol. The summed E-state index contributed by atoms with van der Waals surface area (Å²) in [6.07, 6.45) is 0.363. The van der Waals surface area contributed by atoms with Crippen LogP contribution in [-0.4, -0.2) is 4.75 Å². The highest BCUT2D eigenvalue weighted by atomic mass is 32.2. The number of nitriles is 1. The first kappa shape index (κ1) is 13.1. The number of nitrogens with zero attached hydrogens (tertiary/aromatic N) is 1. The Kier molecular flexibility index (Phi) is 4.40. The van der Waals surface area contributed by atoms with Crippen LogP contribution >= 0.6 is 11.8 Å². The van der Waals surface area contributed by atoms with Gasteiger partial charge in [-0.25, -0.2) is 0 Å². The molecule has 0 aliphatic heterocycles. The summed E-state index contributed by atoms with van der Waals surface area (Å²) in [5, 5.41) is 8.68. The van der Waals surface area contributed by atoms with Crippen molar-refractivity contribution < 1.29 is 0 Å². The summed E-state index contributed by atoms with van der Waals surface area (Å²) >= 11 is 1.79. The SMILES string of the molecule is CC(C)(C)Sc1ccccc1[C@H](N)CC#N. The van der Waals surface area contributed by atoms with Crippen molar-refractivity contribution in [2.24, 2.45) is 5.73 Å². The molecule has 1 aromatic rings. The normalized spacial score (nSPS) is 13.2. The lowest BCUT2D eigenvalue weighted by atomic mass is 10.1. The van der Waals surface area contributed by atoms with E-state index in [-0.39, 0.29) is 10.8 Å². The molecule has 1 aromatic carbocycles. The molecule has 0 aromatic heterocycles. The Bertz CT molecular complexity index is 388. The van der Waals surface area contributed by atoms with Crippen molar-refractivity contribution in [2.75, 3.05) is 0 Å². The van der Waals surface area contributed by atoms with Crippen LogP contribution in [0.1, 0.15) is 38.8 Å². The smallest absolute Gasteiger partial charge is 0.0641 e. The fraction of sp³-hybridized carbons (Fsp3) is 0.462. The first-order chi connectivity index (χ1) is 7.44. The molecule has 0 bridgehead atoms. The van der Waals surface area contributed by atoms with Gasteiger partial charge >= 0.3 is 0 Å². The molecule has 0 heterocycles. The average molecular weight is 234 g/mol. The van der Waals surface area contributed by atoms with Crippen molar-refractivity contribution in [1.29, 1.82) is 5.26 Å². The van der Waals surface area contributed by atoms with Crippen LogP contribution in [-0.2, 0) is 0 Å². The van der Waals surface area contributed by atoms with E-state index in [1.54, 1.807) is 11.8 Å². The topological polar surface area (TPSA) is 49.8 Å². The first-order valence-electron chi connectivity index (χ1n) is 5.34. The minimum absolute atomic E-state index is 0.155. The standard InChI is InChI=1S/C13H18N2S/c1-13(2,3)16-12-7-5-4-6-10(12)11(15)8-9-14/h4-7,11H,8,15H2,1-3H3/t11-/m1/s1. The molecule has 0 amide bonds. The van der Waals surface area contributed by atoms with E-state index < -0.39 is 0 Å². The predicted molar refractivity (Wildman–Crippen MR) is 69.2 cm³/mol. The Morgan fingerprint density at radius 1 is 1.38 bits per heavy atom. The van der Waals surface area contributed by atoms with E-state index in [9.17, 15) is 0 Å². The lowest BCUT2D eigenvalue weighted by Gasteiger charge is -2.21. The number of hydrogen-bond acceptors (Lipinski definition) is 3. The van der Waals surface area contributed by atoms with Crippen molar-refractivity contribution >= 4 is 11.8 Å². The molecule has 1 atom stereocenters. The van der Waals surface area contributed by atoms with E-state index in [1.807, 2.05) is 18.2 Å². The van der Waals surface area contributed by atoms with Crippen molar-refractivity contribution in [1.82, 2.24) is 0 Å². The van der Waals surface area contributed by atoms with Gasteiger partial charge in [-0.15, -0.1) is 11.8 Å². The molecule has 0 saturated carbocycles. The fourth-order valence-electron chi connectivity index (χ4n) is 1.42. The van der Waals surface area contributed by atoms with Gasteiger partial charge in [0.05, 0.1) is 12.5 Å². The molecule has 0 unspecified atom stereocenters. The summed E-state index contributed by atoms with van der Waals surface area (Å²) < 4.78 is 0.155. The Morgan fingerprint density at radius 2 is 2.00 bits per heavy atom. The van der Waals surface area contributed by atoms with Crippen molar-refractivity contribution in [2.45, 2.75) is 42.9 Å². The zero-order valence-electron chi connectivity index (χ0n) is 10.0. The summed E-state index contributed by atoms with van der Waals surface area (Å²) in [7, 11) is 0. The van der Waals surface area contributed by atoms with Crippen molar-refractivity contribution in [3.63, 3.8) is 0 Å². The molecule has 0 aliphatic carbocycles. The number of thioether (sulfide) groups is 1. The summed E-state index contributed by atoms with van der Waals surface area (Å²) in [6, 6.07) is 10.0. The summed E-state index contributed by atoms with van der Waals surface area (Å²) in [5.74, 6) is 0. The molecule has 2 N–H and O–H groups in total. The maximum atomic E-state index is 8.68. The monoisotopic (exact) mass is 234 g/mol. The minimum Gasteiger partial charge on any atom is -0.323 e. The van der Waals surface area contributed by atoms with Gasteiger partial charge in [0, 0.05) is 15.7 Å². The highest BCUT2D eigenvalue weighted by Crippen LogP contribution is 2.36. The van der Waals surface area contributed by atoms with Gasteiger partial charge in [-0.05, 0) is 11.6 Å². The van der Waals surface area contributed by atoms with Crippen LogP contribution in [0, 0.1) is 11.3 Å². The van der Waals surface area contributed by atoms with E-state index in [2.05, 4.69) is 32.9 Å². The molecule has 16 heavy (non-hydrogen) atoms. The van der Waals surface area contributed by atoms with Crippen molar-refractivity contribution in [3.8, 4) is 6.07 Å². The predicted octanol–water partition coefficient (Wildman–Crippen LogP) is 3.49. The van der Waals surface area contributed by atoms with Gasteiger partial charge in [0.2, 0.25) is 0 Å². The number of rotatable bonds is 3. The van der Waals surface area contributed by atoms with E-state index in [0.29, 0.717) is 6.42 Å². The Labute approximate surface area is 102 Å². The second kappa shape index (κ2) is 5.38. The van der Waals surface area contributed by atoms with Gasteiger partial charge in [-0.2, -0.15) is 5.26 Å². The Balaban J connectivity index is 2.97. The fourth-order valence-corrected chi connectivity index (χ4v) is 2.56. The van der Waals surface area contributed by atoms with Gasteiger partial charge < -0.3 is 5.73 Å². The average Bonchev–Trinajstić information content (AvgIpc) is 2.16. The molecular formula is C13H18N2S. The molecule has 2 nitrogen and oxygen atoms in total. The second-order valence-electron chi connectivity index (χ2n) is 4.72. The van der Waals surface area contributed by atoms with Gasteiger partial charge in [0.1, 0.15) is 0 Å². The molecule has 0 spiro atoms. The van der Waals surface area contributed by atoms with Crippen LogP contribution in [0.4, 0.5) is 0 Å².